The molecule has 0 bridgehead atoms. The Morgan fingerprint density at radius 3 is 2.82 bits per heavy atom. The first-order valence-electron chi connectivity index (χ1n) is 3.97. The fourth-order valence-electron chi connectivity index (χ4n) is 0.800. The number of amides is 1. The van der Waals surface area contributed by atoms with Gasteiger partial charge in [-0.3, -0.25) is 4.79 Å². The van der Waals surface area contributed by atoms with Crippen LogP contribution in [0.2, 0.25) is 0 Å². The van der Waals surface area contributed by atoms with E-state index in [-0.39, 0.29) is 17.7 Å². The van der Waals surface area contributed by atoms with Crippen LogP contribution in [0.4, 0.5) is 0 Å². The van der Waals surface area contributed by atoms with E-state index in [1.807, 2.05) is 0 Å². The first kappa shape index (κ1) is 8.24. The third kappa shape index (κ3) is 2.70. The predicted octanol–water partition coefficient (Wildman–Crippen LogP) is 0.348. The lowest BCUT2D eigenvalue weighted by Crippen LogP contribution is -2.29. The Kier molecular flexibility index (Phi) is 2.63. The van der Waals surface area contributed by atoms with E-state index in [1.54, 1.807) is 6.92 Å². The number of nitrogens with one attached hydrogen (secondary N) is 1. The number of carbonyl (C=O) groups is 2. The number of aldehydes is 1. The van der Waals surface area contributed by atoms with Gasteiger partial charge >= 0.3 is 0 Å². The van der Waals surface area contributed by atoms with Gasteiger partial charge in [-0.2, -0.15) is 0 Å². The Balaban J connectivity index is 2.10. The monoisotopic (exact) mass is 155 g/mol. The molecule has 1 aliphatic rings. The summed E-state index contributed by atoms with van der Waals surface area (Å²) in [6.45, 7) is 2.28. The summed E-state index contributed by atoms with van der Waals surface area (Å²) in [7, 11) is 0. The van der Waals surface area contributed by atoms with E-state index in [9.17, 15) is 9.59 Å². The van der Waals surface area contributed by atoms with Crippen LogP contribution in [0, 0.1) is 11.8 Å². The largest absolute Gasteiger partial charge is 0.355 e. The molecule has 1 saturated carbocycles. The van der Waals surface area contributed by atoms with Gasteiger partial charge in [-0.05, 0) is 12.8 Å². The lowest BCUT2D eigenvalue weighted by Gasteiger charge is -2.04. The van der Waals surface area contributed by atoms with E-state index in [4.69, 9.17) is 0 Å². The van der Waals surface area contributed by atoms with Crippen LogP contribution in [0.25, 0.3) is 0 Å². The Morgan fingerprint density at radius 2 is 2.36 bits per heavy atom. The van der Waals surface area contributed by atoms with Gasteiger partial charge in [0.05, 0.1) is 0 Å². The van der Waals surface area contributed by atoms with Gasteiger partial charge in [-0.1, -0.05) is 6.92 Å². The maximum atomic E-state index is 11.0. The molecule has 3 nitrogen and oxygen atoms in total. The van der Waals surface area contributed by atoms with Crippen molar-refractivity contribution < 1.29 is 9.59 Å². The molecule has 11 heavy (non-hydrogen) atoms. The lowest BCUT2D eigenvalue weighted by atomic mass is 10.2. The molecule has 0 aromatic carbocycles. The van der Waals surface area contributed by atoms with Gasteiger partial charge in [0, 0.05) is 18.4 Å². The van der Waals surface area contributed by atoms with E-state index in [1.165, 1.54) is 0 Å². The second kappa shape index (κ2) is 3.51. The van der Waals surface area contributed by atoms with E-state index in [0.29, 0.717) is 6.54 Å². The summed E-state index contributed by atoms with van der Waals surface area (Å²) < 4.78 is 0. The summed E-state index contributed by atoms with van der Waals surface area (Å²) in [5, 5.41) is 2.73. The van der Waals surface area contributed by atoms with Crippen LogP contribution < -0.4 is 5.32 Å². The molecule has 0 aliphatic heterocycles. The van der Waals surface area contributed by atoms with Gasteiger partial charge in [0.1, 0.15) is 6.29 Å². The number of hydrogen-bond donors (Lipinski definition) is 1. The normalized spacial score (nSPS) is 19.0. The van der Waals surface area contributed by atoms with Gasteiger partial charge in [0.15, 0.2) is 0 Å². The minimum atomic E-state index is -0.0577. The van der Waals surface area contributed by atoms with Crippen molar-refractivity contribution in [1.29, 1.82) is 0 Å². The Labute approximate surface area is 66.2 Å². The van der Waals surface area contributed by atoms with Crippen LogP contribution in [0.15, 0.2) is 0 Å². The Morgan fingerprint density at radius 1 is 1.73 bits per heavy atom. The Hall–Kier alpha value is -0.860. The third-order valence-corrected chi connectivity index (χ3v) is 1.78. The quantitative estimate of drug-likeness (QED) is 0.595. The van der Waals surface area contributed by atoms with Gasteiger partial charge in [-0.15, -0.1) is 0 Å². The molecule has 1 atom stereocenters. The van der Waals surface area contributed by atoms with Crippen molar-refractivity contribution in [1.82, 2.24) is 5.32 Å². The lowest BCUT2D eigenvalue weighted by molar-refractivity contribution is -0.122. The average molecular weight is 155 g/mol. The predicted molar refractivity (Wildman–Crippen MR) is 41.0 cm³/mol. The summed E-state index contributed by atoms with van der Waals surface area (Å²) in [6.07, 6.45) is 2.88. The highest BCUT2D eigenvalue weighted by molar-refractivity contribution is 5.81. The third-order valence-electron chi connectivity index (χ3n) is 1.78. The minimum absolute atomic E-state index is 0.0577. The second-order valence-corrected chi connectivity index (χ2v) is 3.13. The second-order valence-electron chi connectivity index (χ2n) is 3.13. The van der Waals surface area contributed by atoms with Gasteiger partial charge in [0.2, 0.25) is 5.91 Å². The van der Waals surface area contributed by atoms with Crippen molar-refractivity contribution in [3.63, 3.8) is 0 Å². The maximum absolute atomic E-state index is 11.0. The molecule has 0 heterocycles. The molecule has 0 aromatic rings. The molecule has 0 aromatic heterocycles. The van der Waals surface area contributed by atoms with Crippen molar-refractivity contribution in [2.24, 2.45) is 11.8 Å². The van der Waals surface area contributed by atoms with Crippen molar-refractivity contribution >= 4 is 12.2 Å². The topological polar surface area (TPSA) is 46.2 Å². The van der Waals surface area contributed by atoms with Gasteiger partial charge in [0.25, 0.3) is 0 Å². The average Bonchev–Trinajstić information content (AvgIpc) is 2.81. The summed E-state index contributed by atoms with van der Waals surface area (Å²) in [5.41, 5.74) is 0. The summed E-state index contributed by atoms with van der Waals surface area (Å²) in [6, 6.07) is 0. The number of hydrogen-bond acceptors (Lipinski definition) is 2. The molecule has 62 valence electrons. The molecule has 1 unspecified atom stereocenters. The Bertz CT molecular complexity index is 163. The highest BCUT2D eigenvalue weighted by Gasteiger charge is 2.29. The highest BCUT2D eigenvalue weighted by atomic mass is 16.2. The van der Waals surface area contributed by atoms with Crippen LogP contribution in [0.1, 0.15) is 19.8 Å². The SMILES string of the molecule is CC(C=O)CNC(=O)C1CC1. The van der Waals surface area contributed by atoms with E-state index >= 15 is 0 Å². The standard InChI is InChI=1S/C8H13NO2/c1-6(5-10)4-9-8(11)7-2-3-7/h5-7H,2-4H2,1H3,(H,9,11). The molecule has 1 fully saturated rings. The fourth-order valence-corrected chi connectivity index (χ4v) is 0.800. The van der Waals surface area contributed by atoms with Crippen molar-refractivity contribution in [3.8, 4) is 0 Å². The van der Waals surface area contributed by atoms with Gasteiger partial charge in [-0.25, -0.2) is 0 Å². The zero-order valence-corrected chi connectivity index (χ0v) is 6.67. The van der Waals surface area contributed by atoms with Crippen LogP contribution >= 0.6 is 0 Å². The van der Waals surface area contributed by atoms with Crippen molar-refractivity contribution in [2.45, 2.75) is 19.8 Å². The first-order valence-corrected chi connectivity index (χ1v) is 3.97. The molecule has 3 heteroatoms. The molecular weight excluding hydrogens is 142 g/mol. The van der Waals surface area contributed by atoms with Crippen LogP contribution in [-0.2, 0) is 9.59 Å². The van der Waals surface area contributed by atoms with Crippen molar-refractivity contribution in [2.75, 3.05) is 6.54 Å². The number of carbonyl (C=O) groups excluding carboxylic acids is 2. The molecular formula is C8H13NO2. The first-order chi connectivity index (χ1) is 5.24. The smallest absolute Gasteiger partial charge is 0.223 e. The fraction of sp³-hybridized carbons (Fsp3) is 0.750. The van der Waals surface area contributed by atoms with E-state index in [0.717, 1.165) is 19.1 Å². The maximum Gasteiger partial charge on any atom is 0.223 e. The molecule has 1 rings (SSSR count). The van der Waals surface area contributed by atoms with Gasteiger partial charge < -0.3 is 10.1 Å². The summed E-state index contributed by atoms with van der Waals surface area (Å²) >= 11 is 0. The molecule has 1 aliphatic carbocycles. The van der Waals surface area contributed by atoms with Crippen LogP contribution in [-0.4, -0.2) is 18.7 Å². The zero-order chi connectivity index (χ0) is 8.27. The summed E-state index contributed by atoms with van der Waals surface area (Å²) in [5.74, 6) is 0.297. The van der Waals surface area contributed by atoms with Crippen molar-refractivity contribution in [3.05, 3.63) is 0 Å². The zero-order valence-electron chi connectivity index (χ0n) is 6.67. The molecule has 1 amide bonds. The van der Waals surface area contributed by atoms with Crippen LogP contribution in [0.5, 0.6) is 0 Å². The molecule has 0 spiro atoms. The highest BCUT2D eigenvalue weighted by Crippen LogP contribution is 2.28. The van der Waals surface area contributed by atoms with E-state index < -0.39 is 0 Å². The minimum Gasteiger partial charge on any atom is -0.355 e. The summed E-state index contributed by atoms with van der Waals surface area (Å²) in [4.78, 5) is 21.2. The van der Waals surface area contributed by atoms with E-state index in [2.05, 4.69) is 5.32 Å². The van der Waals surface area contributed by atoms with Crippen LogP contribution in [0.3, 0.4) is 0 Å². The molecule has 1 N–H and O–H groups in total. The molecule has 0 radical (unpaired) electrons. The number of rotatable bonds is 4. The molecule has 0 saturated heterocycles.